The minimum Gasteiger partial charge on any atom is -0.384 e. The maximum absolute atomic E-state index is 13.7. The smallest absolute Gasteiger partial charge is 0.254 e. The van der Waals surface area contributed by atoms with Crippen LogP contribution in [0.3, 0.4) is 0 Å². The van der Waals surface area contributed by atoms with Gasteiger partial charge in [0.2, 0.25) is 5.91 Å². The van der Waals surface area contributed by atoms with Crippen molar-refractivity contribution in [2.24, 2.45) is 0 Å². The van der Waals surface area contributed by atoms with E-state index in [0.717, 1.165) is 29.8 Å². The molecule has 2 aromatic rings. The molecular formula is C28H34N4O4S. The lowest BCUT2D eigenvalue weighted by atomic mass is 9.96. The zero-order chi connectivity index (χ0) is 26.6. The van der Waals surface area contributed by atoms with Crippen molar-refractivity contribution >= 4 is 35.2 Å². The summed E-state index contributed by atoms with van der Waals surface area (Å²) >= 11 is 1.48. The molecule has 2 aromatic carbocycles. The molecule has 1 saturated heterocycles. The van der Waals surface area contributed by atoms with Gasteiger partial charge >= 0.3 is 0 Å². The summed E-state index contributed by atoms with van der Waals surface area (Å²) in [5, 5.41) is 20.3. The number of fused-ring (bicyclic) bond motifs is 1. The number of benzene rings is 2. The number of hydrogen-bond donors (Lipinski definition) is 4. The van der Waals surface area contributed by atoms with Crippen molar-refractivity contribution in [2.75, 3.05) is 24.3 Å². The normalized spacial score (nSPS) is 19.3. The van der Waals surface area contributed by atoms with Crippen LogP contribution in [0, 0.1) is 0 Å². The number of amides is 3. The Bertz CT molecular complexity index is 1170. The molecule has 1 fully saturated rings. The van der Waals surface area contributed by atoms with Gasteiger partial charge in [-0.3, -0.25) is 14.4 Å². The van der Waals surface area contributed by atoms with Crippen molar-refractivity contribution in [1.29, 1.82) is 0 Å². The molecule has 2 heterocycles. The number of aliphatic hydroxyl groups is 1. The van der Waals surface area contributed by atoms with E-state index >= 15 is 0 Å². The van der Waals surface area contributed by atoms with Crippen molar-refractivity contribution in [3.63, 3.8) is 0 Å². The molecule has 2 aliphatic heterocycles. The molecule has 8 nitrogen and oxygen atoms in total. The molecule has 3 amide bonds. The highest BCUT2D eigenvalue weighted by Gasteiger charge is 2.49. The Morgan fingerprint density at radius 2 is 1.97 bits per heavy atom. The molecule has 3 atom stereocenters. The predicted molar refractivity (Wildman–Crippen MR) is 146 cm³/mol. The molecule has 0 bridgehead atoms. The van der Waals surface area contributed by atoms with Crippen LogP contribution in [0.5, 0.6) is 0 Å². The van der Waals surface area contributed by atoms with Crippen LogP contribution in [0.4, 0.5) is 5.69 Å². The van der Waals surface area contributed by atoms with E-state index in [9.17, 15) is 19.5 Å². The number of hydrogen-bond acceptors (Lipinski definition) is 6. The van der Waals surface area contributed by atoms with Crippen LogP contribution in [-0.4, -0.2) is 69.6 Å². The first-order valence-electron chi connectivity index (χ1n) is 12.4. The van der Waals surface area contributed by atoms with E-state index in [-0.39, 0.29) is 30.7 Å². The molecule has 0 unspecified atom stereocenters. The van der Waals surface area contributed by atoms with E-state index in [4.69, 9.17) is 0 Å². The highest BCUT2D eigenvalue weighted by atomic mass is 32.2. The molecule has 2 aliphatic rings. The fourth-order valence-electron chi connectivity index (χ4n) is 4.94. The van der Waals surface area contributed by atoms with Gasteiger partial charge in [-0.05, 0) is 49.9 Å². The third kappa shape index (κ3) is 5.83. The summed E-state index contributed by atoms with van der Waals surface area (Å²) in [7, 11) is 0. The van der Waals surface area contributed by atoms with Crippen molar-refractivity contribution in [1.82, 2.24) is 15.5 Å². The Morgan fingerprint density at radius 1 is 1.22 bits per heavy atom. The van der Waals surface area contributed by atoms with Gasteiger partial charge in [0.05, 0.1) is 11.9 Å². The summed E-state index contributed by atoms with van der Waals surface area (Å²) in [6.45, 7) is 8.48. The van der Waals surface area contributed by atoms with Gasteiger partial charge in [0, 0.05) is 29.1 Å². The molecule has 4 N–H and O–H groups in total. The van der Waals surface area contributed by atoms with Crippen LogP contribution >= 0.6 is 11.8 Å². The number of rotatable bonds is 9. The number of carbonyl (C=O) groups is 3. The number of aliphatic hydroxyl groups excluding tert-OH is 1. The largest absolute Gasteiger partial charge is 0.384 e. The van der Waals surface area contributed by atoms with E-state index in [1.807, 2.05) is 56.3 Å². The Balaban J connectivity index is 1.59. The molecule has 0 radical (unpaired) electrons. The average molecular weight is 523 g/mol. The van der Waals surface area contributed by atoms with Gasteiger partial charge in [0.25, 0.3) is 11.8 Å². The monoisotopic (exact) mass is 522 g/mol. The second-order valence-electron chi connectivity index (χ2n) is 9.84. The standard InChI is InChI=1S/C28H34N4O4S/c1-4-14-30-26(35)24-28(2,3)37-17-32(24)27(36)23(33)22(16-18-9-6-5-7-10-18)31-25(34)20-11-8-12-21-19(20)13-15-29-21/h4-12,22-24,29,33H,1,13-17H2,2-3H3,(H,30,35)(H,31,34)/t22-,23-,24+/m0/s1. The first-order valence-corrected chi connectivity index (χ1v) is 13.4. The van der Waals surface area contributed by atoms with E-state index in [1.54, 1.807) is 12.1 Å². The Morgan fingerprint density at radius 3 is 2.70 bits per heavy atom. The fraction of sp³-hybridized carbons (Fsp3) is 0.393. The van der Waals surface area contributed by atoms with Gasteiger partial charge in [-0.25, -0.2) is 0 Å². The van der Waals surface area contributed by atoms with E-state index in [0.29, 0.717) is 5.56 Å². The van der Waals surface area contributed by atoms with Crippen LogP contribution < -0.4 is 16.0 Å². The van der Waals surface area contributed by atoms with Gasteiger partial charge in [0.15, 0.2) is 6.10 Å². The van der Waals surface area contributed by atoms with Crippen molar-refractivity contribution < 1.29 is 19.5 Å². The third-order valence-corrected chi connectivity index (χ3v) is 8.23. The highest BCUT2D eigenvalue weighted by Crippen LogP contribution is 2.40. The lowest BCUT2D eigenvalue weighted by Crippen LogP contribution is -2.58. The molecule has 0 aliphatic carbocycles. The van der Waals surface area contributed by atoms with E-state index < -0.39 is 28.8 Å². The lowest BCUT2D eigenvalue weighted by Gasteiger charge is -2.33. The molecule has 0 spiro atoms. The minimum absolute atomic E-state index is 0.254. The summed E-state index contributed by atoms with van der Waals surface area (Å²) in [6.07, 6.45) is 1.02. The molecule has 0 aromatic heterocycles. The molecule has 4 rings (SSSR count). The van der Waals surface area contributed by atoms with Crippen molar-refractivity contribution in [3.05, 3.63) is 77.9 Å². The zero-order valence-corrected chi connectivity index (χ0v) is 22.0. The van der Waals surface area contributed by atoms with Crippen molar-refractivity contribution in [3.8, 4) is 0 Å². The third-order valence-electron chi connectivity index (χ3n) is 6.86. The van der Waals surface area contributed by atoms with Crippen LogP contribution in [0.25, 0.3) is 0 Å². The highest BCUT2D eigenvalue weighted by molar-refractivity contribution is 8.00. The number of nitrogens with zero attached hydrogens (tertiary/aromatic N) is 1. The minimum atomic E-state index is -1.54. The lowest BCUT2D eigenvalue weighted by molar-refractivity contribution is -0.147. The first-order chi connectivity index (χ1) is 17.7. The van der Waals surface area contributed by atoms with Crippen LogP contribution in [0.1, 0.15) is 35.3 Å². The Kier molecular flexibility index (Phi) is 8.24. The molecule has 0 saturated carbocycles. The number of nitrogens with one attached hydrogen (secondary N) is 3. The molecular weight excluding hydrogens is 488 g/mol. The second-order valence-corrected chi connectivity index (χ2v) is 11.4. The average Bonchev–Trinajstić information content (AvgIpc) is 3.50. The SMILES string of the molecule is C=CCNC(=O)[C@H]1N(C(=O)[C@@H](O)[C@H](Cc2ccccc2)NC(=O)c2cccc3c2CCN3)CSC1(C)C. The Labute approximate surface area is 221 Å². The van der Waals surface area contributed by atoms with Crippen LogP contribution in [-0.2, 0) is 22.4 Å². The van der Waals surface area contributed by atoms with Crippen LogP contribution in [0.2, 0.25) is 0 Å². The fourth-order valence-corrected chi connectivity index (χ4v) is 6.08. The van der Waals surface area contributed by atoms with Crippen LogP contribution in [0.15, 0.2) is 61.2 Å². The first kappa shape index (κ1) is 26.8. The van der Waals surface area contributed by atoms with Gasteiger partial charge in [0.1, 0.15) is 6.04 Å². The molecule has 196 valence electrons. The summed E-state index contributed by atoms with van der Waals surface area (Å²) < 4.78 is -0.545. The van der Waals surface area contributed by atoms with Gasteiger partial charge in [-0.15, -0.1) is 18.3 Å². The maximum atomic E-state index is 13.7. The summed E-state index contributed by atoms with van der Waals surface area (Å²) in [4.78, 5) is 41.4. The second kappa shape index (κ2) is 11.4. The topological polar surface area (TPSA) is 111 Å². The number of carbonyl (C=O) groups excluding carboxylic acids is 3. The predicted octanol–water partition coefficient (Wildman–Crippen LogP) is 2.34. The number of thioether (sulfide) groups is 1. The van der Waals surface area contributed by atoms with Crippen molar-refractivity contribution in [2.45, 2.75) is 49.6 Å². The van der Waals surface area contributed by atoms with Gasteiger partial charge < -0.3 is 26.0 Å². The quantitative estimate of drug-likeness (QED) is 0.377. The molecule has 37 heavy (non-hydrogen) atoms. The van der Waals surface area contributed by atoms with Gasteiger partial charge in [-0.2, -0.15) is 0 Å². The summed E-state index contributed by atoms with van der Waals surface area (Å²) in [5.74, 6) is -0.965. The van der Waals surface area contributed by atoms with E-state index in [1.165, 1.54) is 16.7 Å². The Hall–Kier alpha value is -3.30. The summed E-state index contributed by atoms with van der Waals surface area (Å²) in [5.41, 5.74) is 3.25. The maximum Gasteiger partial charge on any atom is 0.254 e. The van der Waals surface area contributed by atoms with Gasteiger partial charge in [-0.1, -0.05) is 42.5 Å². The molecule has 9 heteroatoms. The van der Waals surface area contributed by atoms with E-state index in [2.05, 4.69) is 22.5 Å². The zero-order valence-electron chi connectivity index (χ0n) is 21.2. The summed E-state index contributed by atoms with van der Waals surface area (Å²) in [6, 6.07) is 13.3. The number of anilines is 1.